The number of carboxylic acids is 1. The standard InChI is InChI=1S/C20H17BrN2O5S/c1-23-18(24)17(9-12-8-14(21)16(28-3)10-15(12)27-2)29-20(23)22-13-6-4-5-11(7-13)19(25)26/h4-10H,1-3H3,(H,25,26). The van der Waals surface area contributed by atoms with Crippen LogP contribution < -0.4 is 9.47 Å². The van der Waals surface area contributed by atoms with Crippen LogP contribution in [0.4, 0.5) is 5.69 Å². The zero-order valence-electron chi connectivity index (χ0n) is 15.8. The van der Waals surface area contributed by atoms with Gasteiger partial charge in [-0.05, 0) is 58.0 Å². The highest BCUT2D eigenvalue weighted by atomic mass is 79.9. The highest BCUT2D eigenvalue weighted by Crippen LogP contribution is 2.38. The number of carbonyl (C=O) groups excluding carboxylic acids is 1. The Morgan fingerprint density at radius 1 is 1.21 bits per heavy atom. The van der Waals surface area contributed by atoms with Gasteiger partial charge in [-0.1, -0.05) is 6.07 Å². The molecule has 0 radical (unpaired) electrons. The maximum atomic E-state index is 12.7. The molecule has 1 saturated heterocycles. The number of nitrogens with zero attached hydrogens (tertiary/aromatic N) is 2. The van der Waals surface area contributed by atoms with Gasteiger partial charge in [0.2, 0.25) is 0 Å². The number of amides is 1. The monoisotopic (exact) mass is 476 g/mol. The fourth-order valence-electron chi connectivity index (χ4n) is 2.61. The number of carbonyl (C=O) groups is 2. The first-order valence-electron chi connectivity index (χ1n) is 8.35. The van der Waals surface area contributed by atoms with Crippen LogP contribution in [0.3, 0.4) is 0 Å². The number of thioether (sulfide) groups is 1. The number of carboxylic acid groups (broad SMARTS) is 1. The lowest BCUT2D eigenvalue weighted by molar-refractivity contribution is -0.121. The number of aliphatic imine (C=N–C) groups is 1. The number of hydrogen-bond donors (Lipinski definition) is 1. The Kier molecular flexibility index (Phi) is 6.29. The molecule has 0 bridgehead atoms. The van der Waals surface area contributed by atoms with E-state index in [1.165, 1.54) is 28.8 Å². The summed E-state index contributed by atoms with van der Waals surface area (Å²) in [6.45, 7) is 0. The van der Waals surface area contributed by atoms with Crippen LogP contribution >= 0.6 is 27.7 Å². The molecule has 1 aliphatic rings. The van der Waals surface area contributed by atoms with Gasteiger partial charge in [-0.15, -0.1) is 0 Å². The smallest absolute Gasteiger partial charge is 0.335 e. The minimum atomic E-state index is -1.03. The average molecular weight is 477 g/mol. The molecular weight excluding hydrogens is 460 g/mol. The Labute approximate surface area is 180 Å². The summed E-state index contributed by atoms with van der Waals surface area (Å²) >= 11 is 4.64. The first kappa shape index (κ1) is 20.9. The topological polar surface area (TPSA) is 88.4 Å². The number of amidine groups is 1. The Morgan fingerprint density at radius 3 is 2.59 bits per heavy atom. The van der Waals surface area contributed by atoms with E-state index in [4.69, 9.17) is 14.6 Å². The zero-order chi connectivity index (χ0) is 21.1. The van der Waals surface area contributed by atoms with Crippen molar-refractivity contribution in [3.63, 3.8) is 0 Å². The van der Waals surface area contributed by atoms with Crippen molar-refractivity contribution < 1.29 is 24.2 Å². The minimum absolute atomic E-state index is 0.132. The van der Waals surface area contributed by atoms with E-state index in [0.717, 1.165) is 4.47 Å². The number of aromatic carboxylic acids is 1. The third kappa shape index (κ3) is 4.46. The molecule has 1 aliphatic heterocycles. The molecule has 2 aromatic rings. The van der Waals surface area contributed by atoms with Crippen molar-refractivity contribution in [3.05, 3.63) is 56.9 Å². The number of benzene rings is 2. The molecule has 7 nitrogen and oxygen atoms in total. The van der Waals surface area contributed by atoms with Crippen LogP contribution in [0.5, 0.6) is 11.5 Å². The molecule has 1 amide bonds. The molecule has 0 unspecified atom stereocenters. The highest BCUT2D eigenvalue weighted by molar-refractivity contribution is 9.10. The summed E-state index contributed by atoms with van der Waals surface area (Å²) in [4.78, 5) is 30.1. The minimum Gasteiger partial charge on any atom is -0.496 e. The van der Waals surface area contributed by atoms with Crippen LogP contribution in [0.15, 0.2) is 50.8 Å². The van der Waals surface area contributed by atoms with Crippen LogP contribution in [0.1, 0.15) is 15.9 Å². The predicted octanol–water partition coefficient (Wildman–Crippen LogP) is 4.40. The van der Waals surface area contributed by atoms with Crippen LogP contribution in [0, 0.1) is 0 Å². The van der Waals surface area contributed by atoms with Crippen molar-refractivity contribution in [2.24, 2.45) is 4.99 Å². The maximum Gasteiger partial charge on any atom is 0.335 e. The largest absolute Gasteiger partial charge is 0.496 e. The number of methoxy groups -OCH3 is 2. The van der Waals surface area contributed by atoms with Gasteiger partial charge in [0.1, 0.15) is 11.5 Å². The van der Waals surface area contributed by atoms with Gasteiger partial charge in [0.25, 0.3) is 5.91 Å². The number of likely N-dealkylation sites (N-methyl/N-ethyl adjacent to an activating group) is 1. The summed E-state index contributed by atoms with van der Waals surface area (Å²) in [7, 11) is 4.73. The molecule has 1 N–H and O–H groups in total. The van der Waals surface area contributed by atoms with Gasteiger partial charge in [-0.3, -0.25) is 9.69 Å². The summed E-state index contributed by atoms with van der Waals surface area (Å²) in [5, 5.41) is 9.58. The van der Waals surface area contributed by atoms with Crippen LogP contribution in [0.2, 0.25) is 0 Å². The van der Waals surface area contributed by atoms with Crippen molar-refractivity contribution in [1.29, 1.82) is 0 Å². The lowest BCUT2D eigenvalue weighted by Crippen LogP contribution is -2.23. The normalized spacial score (nSPS) is 16.6. The summed E-state index contributed by atoms with van der Waals surface area (Å²) < 4.78 is 11.4. The summed E-state index contributed by atoms with van der Waals surface area (Å²) in [5.41, 5.74) is 1.30. The zero-order valence-corrected chi connectivity index (χ0v) is 18.2. The predicted molar refractivity (Wildman–Crippen MR) is 116 cm³/mol. The van der Waals surface area contributed by atoms with Crippen molar-refractivity contribution in [1.82, 2.24) is 4.90 Å². The second-order valence-electron chi connectivity index (χ2n) is 5.95. The molecule has 0 spiro atoms. The molecule has 9 heteroatoms. The molecule has 1 heterocycles. The van der Waals surface area contributed by atoms with Crippen molar-refractivity contribution in [3.8, 4) is 11.5 Å². The van der Waals surface area contributed by atoms with E-state index in [1.54, 1.807) is 45.5 Å². The second kappa shape index (κ2) is 8.71. The van der Waals surface area contributed by atoms with Gasteiger partial charge >= 0.3 is 5.97 Å². The average Bonchev–Trinajstić information content (AvgIpc) is 2.96. The Bertz CT molecular complexity index is 1050. The number of rotatable bonds is 5. The SMILES string of the molecule is COc1cc(OC)c(C=C2SC(=Nc3cccc(C(=O)O)c3)N(C)C2=O)cc1Br. The third-order valence-corrected chi connectivity index (χ3v) is 5.79. The Balaban J connectivity index is 1.96. The fourth-order valence-corrected chi connectivity index (χ4v) is 4.11. The molecule has 29 heavy (non-hydrogen) atoms. The third-order valence-electron chi connectivity index (χ3n) is 4.11. The van der Waals surface area contributed by atoms with E-state index >= 15 is 0 Å². The van der Waals surface area contributed by atoms with Gasteiger partial charge in [-0.2, -0.15) is 0 Å². The maximum absolute atomic E-state index is 12.7. The van der Waals surface area contributed by atoms with Crippen molar-refractivity contribution in [2.45, 2.75) is 0 Å². The number of hydrogen-bond acceptors (Lipinski definition) is 6. The lowest BCUT2D eigenvalue weighted by atomic mass is 10.1. The van der Waals surface area contributed by atoms with E-state index in [-0.39, 0.29) is 11.5 Å². The molecule has 1 fully saturated rings. The second-order valence-corrected chi connectivity index (χ2v) is 7.82. The van der Waals surface area contributed by atoms with Gasteiger partial charge < -0.3 is 14.6 Å². The molecule has 3 rings (SSSR count). The quantitative estimate of drug-likeness (QED) is 0.643. The molecule has 0 atom stereocenters. The first-order chi connectivity index (χ1) is 13.8. The molecule has 0 saturated carbocycles. The van der Waals surface area contributed by atoms with Crippen LogP contribution in [0.25, 0.3) is 6.08 Å². The van der Waals surface area contributed by atoms with E-state index in [0.29, 0.717) is 32.8 Å². The van der Waals surface area contributed by atoms with E-state index < -0.39 is 5.97 Å². The van der Waals surface area contributed by atoms with E-state index in [1.807, 2.05) is 6.07 Å². The molecule has 0 aliphatic carbocycles. The van der Waals surface area contributed by atoms with Crippen LogP contribution in [-0.4, -0.2) is 48.3 Å². The fraction of sp³-hybridized carbons (Fsp3) is 0.150. The summed E-state index contributed by atoms with van der Waals surface area (Å²) in [6.07, 6.45) is 1.72. The molecule has 2 aromatic carbocycles. The van der Waals surface area contributed by atoms with Gasteiger partial charge in [0, 0.05) is 18.7 Å². The Morgan fingerprint density at radius 2 is 1.93 bits per heavy atom. The van der Waals surface area contributed by atoms with Gasteiger partial charge in [-0.25, -0.2) is 9.79 Å². The van der Waals surface area contributed by atoms with Crippen molar-refractivity contribution in [2.75, 3.05) is 21.3 Å². The van der Waals surface area contributed by atoms with Gasteiger partial charge in [0.05, 0.1) is 34.8 Å². The van der Waals surface area contributed by atoms with Crippen LogP contribution in [-0.2, 0) is 4.79 Å². The number of ether oxygens (including phenoxy) is 2. The number of halogens is 1. The highest BCUT2D eigenvalue weighted by Gasteiger charge is 2.30. The Hall–Kier alpha value is -2.78. The molecule has 0 aromatic heterocycles. The summed E-state index contributed by atoms with van der Waals surface area (Å²) in [6, 6.07) is 9.78. The summed E-state index contributed by atoms with van der Waals surface area (Å²) in [5.74, 6) is -0.0642. The van der Waals surface area contributed by atoms with Crippen molar-refractivity contribution >= 4 is 56.5 Å². The van der Waals surface area contributed by atoms with Gasteiger partial charge in [0.15, 0.2) is 5.17 Å². The molecule has 150 valence electrons. The van der Waals surface area contributed by atoms with E-state index in [2.05, 4.69) is 20.9 Å². The molecular formula is C20H17BrN2O5S. The first-order valence-corrected chi connectivity index (χ1v) is 9.96. The lowest BCUT2D eigenvalue weighted by Gasteiger charge is -2.10. The van der Waals surface area contributed by atoms with E-state index in [9.17, 15) is 9.59 Å².